The predicted octanol–water partition coefficient (Wildman–Crippen LogP) is 1.73. The van der Waals surface area contributed by atoms with Crippen LogP contribution in [0.3, 0.4) is 0 Å². The maximum Gasteiger partial charge on any atom is 0.0954 e. The van der Waals surface area contributed by atoms with Gasteiger partial charge in [0, 0.05) is 26.6 Å². The number of rotatable bonds is 3. The van der Waals surface area contributed by atoms with Gasteiger partial charge < -0.3 is 9.64 Å². The lowest BCUT2D eigenvalue weighted by Crippen LogP contribution is -2.40. The Kier molecular flexibility index (Phi) is 4.22. The first-order valence-corrected chi connectivity index (χ1v) is 5.09. The van der Waals surface area contributed by atoms with Crippen molar-refractivity contribution in [3.8, 4) is 0 Å². The molecular formula is C10H20N2O. The van der Waals surface area contributed by atoms with Crippen LogP contribution in [0.15, 0.2) is 0 Å². The first kappa shape index (κ1) is 10.5. The molecule has 1 N–H and O–H groups in total. The molecule has 3 nitrogen and oxygen atoms in total. The number of piperidine rings is 1. The van der Waals surface area contributed by atoms with Gasteiger partial charge in [0.2, 0.25) is 0 Å². The van der Waals surface area contributed by atoms with Crippen LogP contribution in [-0.2, 0) is 4.74 Å². The van der Waals surface area contributed by atoms with Crippen molar-refractivity contribution in [2.45, 2.75) is 26.2 Å². The Hall–Kier alpha value is -0.570. The van der Waals surface area contributed by atoms with Crippen LogP contribution >= 0.6 is 0 Å². The SMILES string of the molecule is CCC(=N)N1CCCC(COC)C1. The van der Waals surface area contributed by atoms with Gasteiger partial charge in [-0.2, -0.15) is 0 Å². The molecule has 76 valence electrons. The van der Waals surface area contributed by atoms with E-state index in [2.05, 4.69) is 4.90 Å². The number of ether oxygens (including phenoxy) is 1. The Bertz CT molecular complexity index is 168. The summed E-state index contributed by atoms with van der Waals surface area (Å²) in [5, 5.41) is 7.74. The molecule has 0 bridgehead atoms. The zero-order valence-corrected chi connectivity index (χ0v) is 8.68. The van der Waals surface area contributed by atoms with E-state index in [1.54, 1.807) is 7.11 Å². The summed E-state index contributed by atoms with van der Waals surface area (Å²) in [6.45, 7) is 4.96. The van der Waals surface area contributed by atoms with E-state index < -0.39 is 0 Å². The number of hydrogen-bond acceptors (Lipinski definition) is 2. The van der Waals surface area contributed by atoms with E-state index in [1.807, 2.05) is 6.92 Å². The Balaban J connectivity index is 2.37. The standard InChI is InChI=1S/C10H20N2O/c1-3-10(11)12-6-4-5-9(7-12)8-13-2/h9,11H,3-8H2,1-2H3. The van der Waals surface area contributed by atoms with Crippen LogP contribution in [0.25, 0.3) is 0 Å². The highest BCUT2D eigenvalue weighted by molar-refractivity contribution is 5.78. The van der Waals surface area contributed by atoms with Crippen LogP contribution < -0.4 is 0 Å². The lowest BCUT2D eigenvalue weighted by atomic mass is 9.99. The molecule has 0 aromatic heterocycles. The number of nitrogens with zero attached hydrogens (tertiary/aromatic N) is 1. The monoisotopic (exact) mass is 184 g/mol. The van der Waals surface area contributed by atoms with Crippen molar-refractivity contribution in [2.75, 3.05) is 26.8 Å². The third-order valence-corrected chi connectivity index (χ3v) is 2.64. The fraction of sp³-hybridized carbons (Fsp3) is 0.900. The van der Waals surface area contributed by atoms with Crippen LogP contribution in [0.4, 0.5) is 0 Å². The summed E-state index contributed by atoms with van der Waals surface area (Å²) in [4.78, 5) is 2.19. The Morgan fingerprint density at radius 1 is 1.62 bits per heavy atom. The van der Waals surface area contributed by atoms with Crippen molar-refractivity contribution in [1.82, 2.24) is 4.90 Å². The third kappa shape index (κ3) is 2.99. The summed E-state index contributed by atoms with van der Waals surface area (Å²) in [5.41, 5.74) is 0. The van der Waals surface area contributed by atoms with Gasteiger partial charge in [-0.1, -0.05) is 6.92 Å². The van der Waals surface area contributed by atoms with Gasteiger partial charge in [-0.3, -0.25) is 5.41 Å². The fourth-order valence-electron chi connectivity index (χ4n) is 1.91. The summed E-state index contributed by atoms with van der Waals surface area (Å²) < 4.78 is 5.15. The zero-order chi connectivity index (χ0) is 9.68. The smallest absolute Gasteiger partial charge is 0.0954 e. The summed E-state index contributed by atoms with van der Waals surface area (Å²) in [6.07, 6.45) is 3.30. The first-order valence-electron chi connectivity index (χ1n) is 5.09. The largest absolute Gasteiger partial charge is 0.384 e. The van der Waals surface area contributed by atoms with E-state index in [4.69, 9.17) is 10.1 Å². The van der Waals surface area contributed by atoms with Gasteiger partial charge in [-0.05, 0) is 18.8 Å². The fourth-order valence-corrected chi connectivity index (χ4v) is 1.91. The molecule has 0 aromatic carbocycles. The second-order valence-corrected chi connectivity index (χ2v) is 3.71. The van der Waals surface area contributed by atoms with E-state index in [-0.39, 0.29) is 0 Å². The highest BCUT2D eigenvalue weighted by Crippen LogP contribution is 2.17. The van der Waals surface area contributed by atoms with Gasteiger partial charge >= 0.3 is 0 Å². The minimum atomic E-state index is 0.630. The molecule has 0 aliphatic carbocycles. The number of methoxy groups -OCH3 is 1. The summed E-state index contributed by atoms with van der Waals surface area (Å²) in [5.74, 6) is 1.41. The molecular weight excluding hydrogens is 164 g/mol. The average molecular weight is 184 g/mol. The van der Waals surface area contributed by atoms with E-state index in [0.717, 1.165) is 32.0 Å². The van der Waals surface area contributed by atoms with E-state index >= 15 is 0 Å². The second-order valence-electron chi connectivity index (χ2n) is 3.71. The van der Waals surface area contributed by atoms with Crippen molar-refractivity contribution in [1.29, 1.82) is 5.41 Å². The van der Waals surface area contributed by atoms with Gasteiger partial charge in [0.1, 0.15) is 0 Å². The Morgan fingerprint density at radius 2 is 2.38 bits per heavy atom. The molecule has 1 unspecified atom stereocenters. The lowest BCUT2D eigenvalue weighted by molar-refractivity contribution is 0.114. The van der Waals surface area contributed by atoms with Crippen LogP contribution in [0.5, 0.6) is 0 Å². The molecule has 0 amide bonds. The van der Waals surface area contributed by atoms with Crippen LogP contribution in [0, 0.1) is 11.3 Å². The van der Waals surface area contributed by atoms with Gasteiger partial charge in [0.15, 0.2) is 0 Å². The van der Waals surface area contributed by atoms with E-state index in [1.165, 1.54) is 12.8 Å². The minimum Gasteiger partial charge on any atom is -0.384 e. The van der Waals surface area contributed by atoms with Gasteiger partial charge in [0.25, 0.3) is 0 Å². The number of nitrogens with one attached hydrogen (secondary N) is 1. The highest BCUT2D eigenvalue weighted by atomic mass is 16.5. The van der Waals surface area contributed by atoms with Gasteiger partial charge in [-0.15, -0.1) is 0 Å². The Labute approximate surface area is 80.6 Å². The quantitative estimate of drug-likeness (QED) is 0.535. The molecule has 3 heteroatoms. The topological polar surface area (TPSA) is 36.3 Å². The normalized spacial score (nSPS) is 23.2. The van der Waals surface area contributed by atoms with Crippen molar-refractivity contribution < 1.29 is 4.74 Å². The van der Waals surface area contributed by atoms with Crippen molar-refractivity contribution >= 4 is 5.84 Å². The maximum absolute atomic E-state index is 7.74. The van der Waals surface area contributed by atoms with Crippen molar-refractivity contribution in [3.05, 3.63) is 0 Å². The molecule has 0 spiro atoms. The van der Waals surface area contributed by atoms with E-state index in [0.29, 0.717) is 5.92 Å². The molecule has 1 saturated heterocycles. The molecule has 0 saturated carbocycles. The molecule has 1 aliphatic rings. The Morgan fingerprint density at radius 3 is 3.00 bits per heavy atom. The average Bonchev–Trinajstić information content (AvgIpc) is 2.18. The number of likely N-dealkylation sites (tertiary alicyclic amines) is 1. The van der Waals surface area contributed by atoms with Crippen LogP contribution in [0.2, 0.25) is 0 Å². The molecule has 1 heterocycles. The first-order chi connectivity index (χ1) is 6.27. The lowest BCUT2D eigenvalue weighted by Gasteiger charge is -2.33. The van der Waals surface area contributed by atoms with Crippen LogP contribution in [0.1, 0.15) is 26.2 Å². The molecule has 1 aliphatic heterocycles. The summed E-state index contributed by atoms with van der Waals surface area (Å²) >= 11 is 0. The number of hydrogen-bond donors (Lipinski definition) is 1. The van der Waals surface area contributed by atoms with Crippen molar-refractivity contribution in [2.24, 2.45) is 5.92 Å². The molecule has 1 atom stereocenters. The van der Waals surface area contributed by atoms with Gasteiger partial charge in [-0.25, -0.2) is 0 Å². The zero-order valence-electron chi connectivity index (χ0n) is 8.68. The van der Waals surface area contributed by atoms with Crippen molar-refractivity contribution in [3.63, 3.8) is 0 Å². The van der Waals surface area contributed by atoms with E-state index in [9.17, 15) is 0 Å². The molecule has 1 fully saturated rings. The van der Waals surface area contributed by atoms with Gasteiger partial charge in [0.05, 0.1) is 12.4 Å². The molecule has 0 aromatic rings. The summed E-state index contributed by atoms with van der Waals surface area (Å²) in [7, 11) is 1.75. The highest BCUT2D eigenvalue weighted by Gasteiger charge is 2.20. The molecule has 1 rings (SSSR count). The predicted molar refractivity (Wildman–Crippen MR) is 54.2 cm³/mol. The maximum atomic E-state index is 7.74. The molecule has 0 radical (unpaired) electrons. The van der Waals surface area contributed by atoms with Crippen LogP contribution in [-0.4, -0.2) is 37.5 Å². The number of amidine groups is 1. The second kappa shape index (κ2) is 5.22. The minimum absolute atomic E-state index is 0.630. The summed E-state index contributed by atoms with van der Waals surface area (Å²) in [6, 6.07) is 0. The molecule has 13 heavy (non-hydrogen) atoms. The third-order valence-electron chi connectivity index (χ3n) is 2.64.